The molecule has 0 aliphatic carbocycles. The van der Waals surface area contributed by atoms with E-state index in [2.05, 4.69) is 5.32 Å². The summed E-state index contributed by atoms with van der Waals surface area (Å²) in [4.78, 5) is 13.2. The number of benzene rings is 3. The highest BCUT2D eigenvalue weighted by Gasteiger charge is 2.43. The second-order valence-electron chi connectivity index (χ2n) is 8.51. The van der Waals surface area contributed by atoms with Crippen molar-refractivity contribution in [2.75, 3.05) is 6.54 Å². The summed E-state index contributed by atoms with van der Waals surface area (Å²) in [6.45, 7) is 3.63. The van der Waals surface area contributed by atoms with E-state index in [-0.39, 0.29) is 23.9 Å². The van der Waals surface area contributed by atoms with E-state index in [1.165, 1.54) is 12.1 Å². The number of β-amino-alcohol motifs (C(OH)–C–C–N with tert-alkyl or cyclic N) is 1. The van der Waals surface area contributed by atoms with E-state index < -0.39 is 28.1 Å². The van der Waals surface area contributed by atoms with Crippen molar-refractivity contribution in [3.05, 3.63) is 90.0 Å². The quantitative estimate of drug-likeness (QED) is 0.583. The Morgan fingerprint density at radius 2 is 1.58 bits per heavy atom. The van der Waals surface area contributed by atoms with Gasteiger partial charge < -0.3 is 10.4 Å². The van der Waals surface area contributed by atoms with Gasteiger partial charge in [-0.15, -0.1) is 0 Å². The van der Waals surface area contributed by atoms with Gasteiger partial charge in [0.2, 0.25) is 15.9 Å². The molecule has 7 heteroatoms. The summed E-state index contributed by atoms with van der Waals surface area (Å²) in [5.41, 5.74) is 4.04. The molecule has 3 aromatic rings. The number of nitrogens with zero attached hydrogens (tertiary/aromatic N) is 1. The fraction of sp³-hybridized carbons (Fsp3) is 0.269. The molecule has 1 amide bonds. The number of hydrogen-bond donors (Lipinski definition) is 2. The van der Waals surface area contributed by atoms with Crippen LogP contribution in [-0.2, 0) is 14.8 Å². The zero-order valence-electron chi connectivity index (χ0n) is 18.7. The smallest absolute Gasteiger partial charge is 0.243 e. The molecular weight excluding hydrogens is 436 g/mol. The van der Waals surface area contributed by atoms with Crippen molar-refractivity contribution in [1.29, 1.82) is 0 Å². The largest absolute Gasteiger partial charge is 0.392 e. The molecule has 1 aliphatic heterocycles. The van der Waals surface area contributed by atoms with E-state index in [0.29, 0.717) is 0 Å². The van der Waals surface area contributed by atoms with Gasteiger partial charge in [0.05, 0.1) is 17.0 Å². The first-order valence-corrected chi connectivity index (χ1v) is 12.4. The van der Waals surface area contributed by atoms with E-state index >= 15 is 0 Å². The van der Waals surface area contributed by atoms with Crippen LogP contribution < -0.4 is 5.32 Å². The van der Waals surface area contributed by atoms with Crippen molar-refractivity contribution in [1.82, 2.24) is 9.62 Å². The summed E-state index contributed by atoms with van der Waals surface area (Å²) in [5, 5.41) is 13.1. The molecule has 0 bridgehead atoms. The normalized spacial score (nSPS) is 19.8. The monoisotopic (exact) mass is 464 g/mol. The lowest BCUT2D eigenvalue weighted by Crippen LogP contribution is -2.46. The van der Waals surface area contributed by atoms with Crippen LogP contribution >= 0.6 is 0 Å². The molecule has 1 fully saturated rings. The molecule has 33 heavy (non-hydrogen) atoms. The molecule has 2 unspecified atom stereocenters. The van der Waals surface area contributed by atoms with Crippen LogP contribution in [0, 0.1) is 6.92 Å². The summed E-state index contributed by atoms with van der Waals surface area (Å²) in [6, 6.07) is 23.1. The first kappa shape index (κ1) is 23.2. The number of hydrogen-bond acceptors (Lipinski definition) is 4. The number of amides is 1. The Bertz CT molecular complexity index is 1210. The van der Waals surface area contributed by atoms with Gasteiger partial charge in [-0.05, 0) is 42.7 Å². The number of carbonyl (C=O) groups is 1. The average Bonchev–Trinajstić information content (AvgIpc) is 3.23. The molecule has 4 rings (SSSR count). The third-order valence-electron chi connectivity index (χ3n) is 6.04. The number of aliphatic hydroxyl groups excluding tert-OH is 1. The second kappa shape index (κ2) is 9.47. The lowest BCUT2D eigenvalue weighted by molar-refractivity contribution is -0.124. The molecule has 172 valence electrons. The molecule has 2 N–H and O–H groups in total. The second-order valence-corrected chi connectivity index (χ2v) is 10.4. The minimum Gasteiger partial charge on any atom is -0.392 e. The number of carbonyl (C=O) groups excluding carboxylic acids is 1. The van der Waals surface area contributed by atoms with Crippen LogP contribution in [0.5, 0.6) is 0 Å². The SMILES string of the molecule is Cc1ccc(S(=O)(=O)N2CC(O)CC2C(=O)N[C@@H](C)c2ccc(-c3ccccc3)cc2)cc1. The predicted octanol–water partition coefficient (Wildman–Crippen LogP) is 3.66. The highest BCUT2D eigenvalue weighted by atomic mass is 32.2. The fourth-order valence-corrected chi connectivity index (χ4v) is 5.76. The van der Waals surface area contributed by atoms with Crippen LogP contribution in [0.15, 0.2) is 83.8 Å². The van der Waals surface area contributed by atoms with Crippen LogP contribution in [0.4, 0.5) is 0 Å². The maximum atomic E-state index is 13.2. The number of aliphatic hydroxyl groups is 1. The maximum Gasteiger partial charge on any atom is 0.243 e. The third kappa shape index (κ3) is 5.00. The van der Waals surface area contributed by atoms with Gasteiger partial charge in [-0.3, -0.25) is 4.79 Å². The average molecular weight is 465 g/mol. The molecule has 3 aromatic carbocycles. The van der Waals surface area contributed by atoms with Crippen molar-refractivity contribution in [2.45, 2.75) is 43.4 Å². The van der Waals surface area contributed by atoms with Crippen molar-refractivity contribution < 1.29 is 18.3 Å². The molecule has 3 atom stereocenters. The predicted molar refractivity (Wildman–Crippen MR) is 128 cm³/mol. The van der Waals surface area contributed by atoms with Crippen LogP contribution in [0.2, 0.25) is 0 Å². The van der Waals surface area contributed by atoms with Gasteiger partial charge in [-0.25, -0.2) is 8.42 Å². The molecule has 1 saturated heterocycles. The lowest BCUT2D eigenvalue weighted by Gasteiger charge is -2.25. The number of nitrogens with one attached hydrogen (secondary N) is 1. The summed E-state index contributed by atoms with van der Waals surface area (Å²) >= 11 is 0. The van der Waals surface area contributed by atoms with Crippen LogP contribution in [0.25, 0.3) is 11.1 Å². The van der Waals surface area contributed by atoms with E-state index in [4.69, 9.17) is 0 Å². The van der Waals surface area contributed by atoms with Crippen molar-refractivity contribution in [3.63, 3.8) is 0 Å². The topological polar surface area (TPSA) is 86.7 Å². The van der Waals surface area contributed by atoms with Gasteiger partial charge in [-0.2, -0.15) is 4.31 Å². The Morgan fingerprint density at radius 3 is 2.21 bits per heavy atom. The van der Waals surface area contributed by atoms with Crippen LogP contribution in [0.1, 0.15) is 30.5 Å². The summed E-state index contributed by atoms with van der Waals surface area (Å²) in [5.74, 6) is -0.415. The molecule has 6 nitrogen and oxygen atoms in total. The van der Waals surface area contributed by atoms with Crippen molar-refractivity contribution in [3.8, 4) is 11.1 Å². The Morgan fingerprint density at radius 1 is 0.970 bits per heavy atom. The molecule has 1 heterocycles. The van der Waals surface area contributed by atoms with E-state index in [9.17, 15) is 18.3 Å². The Balaban J connectivity index is 1.49. The first-order valence-electron chi connectivity index (χ1n) is 11.0. The first-order chi connectivity index (χ1) is 15.8. The molecule has 0 saturated carbocycles. The Kier molecular flexibility index (Phi) is 6.65. The van der Waals surface area contributed by atoms with Gasteiger partial charge in [-0.1, -0.05) is 72.3 Å². The molecule has 0 spiro atoms. The van der Waals surface area contributed by atoms with Gasteiger partial charge in [0.25, 0.3) is 0 Å². The summed E-state index contributed by atoms with van der Waals surface area (Å²) in [6.07, 6.45) is -0.821. The van der Waals surface area contributed by atoms with Gasteiger partial charge in [0.15, 0.2) is 0 Å². The minimum absolute atomic E-state index is 0.0661. The standard InChI is InChI=1S/C26H28N2O4S/c1-18-8-14-24(15-9-18)33(31,32)28-17-23(29)16-25(28)26(30)27-19(2)20-10-12-22(13-11-20)21-6-4-3-5-7-21/h3-15,19,23,25,29H,16-17H2,1-2H3,(H,27,30)/t19-,23?,25?/m0/s1. The summed E-state index contributed by atoms with van der Waals surface area (Å²) in [7, 11) is -3.91. The zero-order chi connectivity index (χ0) is 23.6. The van der Waals surface area contributed by atoms with Gasteiger partial charge >= 0.3 is 0 Å². The molecular formula is C26H28N2O4S. The van der Waals surface area contributed by atoms with Crippen molar-refractivity contribution >= 4 is 15.9 Å². The zero-order valence-corrected chi connectivity index (χ0v) is 19.5. The Hall–Kier alpha value is -3.00. The Labute approximate surface area is 194 Å². The van der Waals surface area contributed by atoms with E-state index in [1.54, 1.807) is 12.1 Å². The van der Waals surface area contributed by atoms with E-state index in [0.717, 1.165) is 26.6 Å². The maximum absolute atomic E-state index is 13.2. The highest BCUT2D eigenvalue weighted by Crippen LogP contribution is 2.28. The van der Waals surface area contributed by atoms with Crippen molar-refractivity contribution in [2.24, 2.45) is 0 Å². The van der Waals surface area contributed by atoms with Crippen LogP contribution in [0.3, 0.4) is 0 Å². The fourth-order valence-electron chi connectivity index (χ4n) is 4.12. The summed E-state index contributed by atoms with van der Waals surface area (Å²) < 4.78 is 27.5. The third-order valence-corrected chi connectivity index (χ3v) is 7.93. The van der Waals surface area contributed by atoms with Crippen LogP contribution in [-0.4, -0.2) is 42.4 Å². The number of aryl methyl sites for hydroxylation is 1. The van der Waals surface area contributed by atoms with E-state index in [1.807, 2.05) is 68.4 Å². The minimum atomic E-state index is -3.91. The molecule has 0 aromatic heterocycles. The lowest BCUT2D eigenvalue weighted by atomic mass is 10.0. The van der Waals surface area contributed by atoms with Gasteiger partial charge in [0, 0.05) is 13.0 Å². The highest BCUT2D eigenvalue weighted by molar-refractivity contribution is 7.89. The molecule has 1 aliphatic rings. The van der Waals surface area contributed by atoms with Gasteiger partial charge in [0.1, 0.15) is 6.04 Å². The number of sulfonamides is 1. The molecule has 0 radical (unpaired) electrons. The number of rotatable bonds is 6.